The molecule has 0 saturated heterocycles. The number of rotatable bonds is 4. The van der Waals surface area contributed by atoms with Crippen molar-refractivity contribution in [1.82, 2.24) is 15.2 Å². The van der Waals surface area contributed by atoms with Gasteiger partial charge in [-0.15, -0.1) is 0 Å². The maximum absolute atomic E-state index is 5.70. The highest BCUT2D eigenvalue weighted by Gasteiger charge is 2.00. The summed E-state index contributed by atoms with van der Waals surface area (Å²) in [5, 5.41) is 6.87. The zero-order valence-corrected chi connectivity index (χ0v) is 10.3. The van der Waals surface area contributed by atoms with Crippen LogP contribution in [0, 0.1) is 0 Å². The lowest BCUT2D eigenvalue weighted by Crippen LogP contribution is -1.95. The quantitative estimate of drug-likeness (QED) is 0.775. The van der Waals surface area contributed by atoms with Gasteiger partial charge in [0, 0.05) is 24.2 Å². The maximum atomic E-state index is 5.70. The molecule has 4 nitrogen and oxygen atoms in total. The predicted octanol–water partition coefficient (Wildman–Crippen LogP) is 3.05. The van der Waals surface area contributed by atoms with Crippen molar-refractivity contribution in [3.05, 3.63) is 66.6 Å². The fourth-order valence-electron chi connectivity index (χ4n) is 1.80. The van der Waals surface area contributed by atoms with Crippen molar-refractivity contribution in [2.75, 3.05) is 0 Å². The minimum absolute atomic E-state index is 0.525. The summed E-state index contributed by atoms with van der Waals surface area (Å²) >= 11 is 0. The highest BCUT2D eigenvalue weighted by Crippen LogP contribution is 2.20. The Morgan fingerprint density at radius 2 is 1.89 bits per heavy atom. The van der Waals surface area contributed by atoms with Gasteiger partial charge in [0.2, 0.25) is 0 Å². The van der Waals surface area contributed by atoms with Crippen molar-refractivity contribution in [3.63, 3.8) is 0 Å². The minimum atomic E-state index is 0.525. The number of nitrogens with one attached hydrogen (secondary N) is 1. The molecule has 0 radical (unpaired) electrons. The number of hydrogen-bond donors (Lipinski definition) is 1. The Bertz CT molecular complexity index is 618. The molecule has 2 aromatic heterocycles. The molecule has 1 N–H and O–H groups in total. The van der Waals surface area contributed by atoms with E-state index < -0.39 is 0 Å². The molecule has 0 spiro atoms. The molecular weight excluding hydrogens is 238 g/mol. The van der Waals surface area contributed by atoms with E-state index in [9.17, 15) is 0 Å². The summed E-state index contributed by atoms with van der Waals surface area (Å²) in [6.07, 6.45) is 5.30. The van der Waals surface area contributed by atoms with Crippen LogP contribution in [0.25, 0.3) is 11.3 Å². The topological polar surface area (TPSA) is 50.8 Å². The SMILES string of the molecule is c1cncc(COc2ccc(-c3ccn[nH]3)cc2)c1. The van der Waals surface area contributed by atoms with Crippen LogP contribution in [0.5, 0.6) is 5.75 Å². The van der Waals surface area contributed by atoms with Gasteiger partial charge in [-0.1, -0.05) is 6.07 Å². The first kappa shape index (κ1) is 11.5. The molecule has 0 bridgehead atoms. The molecule has 4 heteroatoms. The van der Waals surface area contributed by atoms with Crippen molar-refractivity contribution in [2.24, 2.45) is 0 Å². The van der Waals surface area contributed by atoms with Crippen molar-refractivity contribution in [1.29, 1.82) is 0 Å². The van der Waals surface area contributed by atoms with Gasteiger partial charge in [0.25, 0.3) is 0 Å². The molecule has 0 atom stereocenters. The lowest BCUT2D eigenvalue weighted by atomic mass is 10.1. The van der Waals surface area contributed by atoms with Gasteiger partial charge in [-0.3, -0.25) is 10.1 Å². The van der Waals surface area contributed by atoms with Crippen LogP contribution >= 0.6 is 0 Å². The molecule has 94 valence electrons. The number of ether oxygens (including phenoxy) is 1. The molecule has 3 aromatic rings. The van der Waals surface area contributed by atoms with Crippen LogP contribution in [-0.2, 0) is 6.61 Å². The van der Waals surface area contributed by atoms with Gasteiger partial charge in [-0.25, -0.2) is 0 Å². The second kappa shape index (κ2) is 5.35. The van der Waals surface area contributed by atoms with E-state index in [4.69, 9.17) is 4.74 Å². The number of pyridine rings is 1. The third kappa shape index (κ3) is 2.80. The molecule has 3 rings (SSSR count). The predicted molar refractivity (Wildman–Crippen MR) is 72.6 cm³/mol. The van der Waals surface area contributed by atoms with E-state index in [0.29, 0.717) is 6.61 Å². The normalized spacial score (nSPS) is 10.3. The van der Waals surface area contributed by atoms with Crippen LogP contribution in [0.4, 0.5) is 0 Å². The smallest absolute Gasteiger partial charge is 0.119 e. The van der Waals surface area contributed by atoms with Crippen LogP contribution < -0.4 is 4.74 Å². The number of benzene rings is 1. The van der Waals surface area contributed by atoms with E-state index in [1.807, 2.05) is 42.5 Å². The van der Waals surface area contributed by atoms with E-state index in [1.54, 1.807) is 18.6 Å². The van der Waals surface area contributed by atoms with Crippen LogP contribution in [0.3, 0.4) is 0 Å². The molecule has 0 saturated carbocycles. The van der Waals surface area contributed by atoms with E-state index in [0.717, 1.165) is 22.6 Å². The van der Waals surface area contributed by atoms with Crippen LogP contribution in [-0.4, -0.2) is 15.2 Å². The minimum Gasteiger partial charge on any atom is -0.489 e. The lowest BCUT2D eigenvalue weighted by Gasteiger charge is -2.06. The Kier molecular flexibility index (Phi) is 3.23. The average Bonchev–Trinajstić information content (AvgIpc) is 3.01. The van der Waals surface area contributed by atoms with Crippen molar-refractivity contribution < 1.29 is 4.74 Å². The second-order valence-corrected chi connectivity index (χ2v) is 4.14. The summed E-state index contributed by atoms with van der Waals surface area (Å²) in [7, 11) is 0. The van der Waals surface area contributed by atoms with Crippen molar-refractivity contribution in [2.45, 2.75) is 6.61 Å². The van der Waals surface area contributed by atoms with Crippen molar-refractivity contribution in [3.8, 4) is 17.0 Å². The second-order valence-electron chi connectivity index (χ2n) is 4.14. The number of aromatic amines is 1. The molecule has 1 aromatic carbocycles. The molecule has 0 fully saturated rings. The number of hydrogen-bond acceptors (Lipinski definition) is 3. The summed E-state index contributed by atoms with van der Waals surface area (Å²) < 4.78 is 5.70. The number of nitrogens with zero attached hydrogens (tertiary/aromatic N) is 2. The highest BCUT2D eigenvalue weighted by atomic mass is 16.5. The standard InChI is InChI=1S/C15H13N3O/c1-2-12(10-16-8-1)11-19-14-5-3-13(4-6-14)15-7-9-17-18-15/h1-10H,11H2,(H,17,18). The largest absolute Gasteiger partial charge is 0.489 e. The van der Waals surface area contributed by atoms with Gasteiger partial charge in [0.05, 0.1) is 5.69 Å². The third-order valence-electron chi connectivity index (χ3n) is 2.79. The summed E-state index contributed by atoms with van der Waals surface area (Å²) in [5.74, 6) is 0.840. The van der Waals surface area contributed by atoms with E-state index >= 15 is 0 Å². The Hall–Kier alpha value is -2.62. The molecule has 2 heterocycles. The lowest BCUT2D eigenvalue weighted by molar-refractivity contribution is 0.306. The van der Waals surface area contributed by atoms with Gasteiger partial charge in [0.1, 0.15) is 12.4 Å². The van der Waals surface area contributed by atoms with Gasteiger partial charge in [0.15, 0.2) is 0 Å². The fraction of sp³-hybridized carbons (Fsp3) is 0.0667. The summed E-state index contributed by atoms with van der Waals surface area (Å²) in [4.78, 5) is 4.05. The highest BCUT2D eigenvalue weighted by molar-refractivity contribution is 5.59. The Labute approximate surface area is 111 Å². The average molecular weight is 251 g/mol. The first-order valence-corrected chi connectivity index (χ1v) is 6.03. The Morgan fingerprint density at radius 3 is 2.58 bits per heavy atom. The number of H-pyrrole nitrogens is 1. The van der Waals surface area contributed by atoms with Gasteiger partial charge >= 0.3 is 0 Å². The Morgan fingerprint density at radius 1 is 1.00 bits per heavy atom. The van der Waals surface area contributed by atoms with Crippen LogP contribution in [0.2, 0.25) is 0 Å². The molecule has 0 unspecified atom stereocenters. The maximum Gasteiger partial charge on any atom is 0.119 e. The third-order valence-corrected chi connectivity index (χ3v) is 2.79. The van der Waals surface area contributed by atoms with Gasteiger partial charge < -0.3 is 4.74 Å². The fourth-order valence-corrected chi connectivity index (χ4v) is 1.80. The van der Waals surface area contributed by atoms with E-state index in [-0.39, 0.29) is 0 Å². The molecule has 0 aliphatic heterocycles. The Balaban J connectivity index is 1.67. The van der Waals surface area contributed by atoms with E-state index in [2.05, 4.69) is 15.2 Å². The zero-order valence-electron chi connectivity index (χ0n) is 10.3. The van der Waals surface area contributed by atoms with E-state index in [1.165, 1.54) is 0 Å². The molecule has 0 amide bonds. The van der Waals surface area contributed by atoms with Crippen LogP contribution in [0.1, 0.15) is 5.56 Å². The number of aromatic nitrogens is 3. The van der Waals surface area contributed by atoms with Crippen molar-refractivity contribution >= 4 is 0 Å². The molecular formula is C15H13N3O. The summed E-state index contributed by atoms with van der Waals surface area (Å²) in [5.41, 5.74) is 3.14. The molecule has 19 heavy (non-hydrogen) atoms. The van der Waals surface area contributed by atoms with Gasteiger partial charge in [-0.05, 0) is 42.0 Å². The summed E-state index contributed by atoms with van der Waals surface area (Å²) in [6.45, 7) is 0.525. The molecule has 0 aliphatic rings. The monoisotopic (exact) mass is 251 g/mol. The van der Waals surface area contributed by atoms with Gasteiger partial charge in [-0.2, -0.15) is 5.10 Å². The van der Waals surface area contributed by atoms with Crippen LogP contribution in [0.15, 0.2) is 61.1 Å². The zero-order chi connectivity index (χ0) is 12.9. The molecule has 0 aliphatic carbocycles. The first-order chi connectivity index (χ1) is 9.42. The first-order valence-electron chi connectivity index (χ1n) is 6.03. The summed E-state index contributed by atoms with van der Waals surface area (Å²) in [6, 6.07) is 13.7.